The van der Waals surface area contributed by atoms with Crippen LogP contribution in [0.2, 0.25) is 5.02 Å². The normalized spacial score (nSPS) is 11.0. The van der Waals surface area contributed by atoms with Crippen molar-refractivity contribution in [3.63, 3.8) is 0 Å². The van der Waals surface area contributed by atoms with Crippen molar-refractivity contribution in [3.05, 3.63) is 93.6 Å². The zero-order chi connectivity index (χ0) is 21.8. The molecule has 6 nitrogen and oxygen atoms in total. The maximum absolute atomic E-state index is 12.0. The van der Waals surface area contributed by atoms with E-state index in [4.69, 9.17) is 20.8 Å². The fraction of sp³-hybridized carbons (Fsp3) is 0.174. The number of ether oxygens (including phenoxy) is 1. The topological polar surface area (TPSA) is 70.2 Å². The monoisotopic (exact) mass is 453 g/mol. The van der Waals surface area contributed by atoms with E-state index in [0.717, 1.165) is 21.7 Å². The molecule has 0 atom stereocenters. The van der Waals surface area contributed by atoms with E-state index in [9.17, 15) is 4.79 Å². The van der Waals surface area contributed by atoms with Crippen LogP contribution in [0.4, 0.5) is 0 Å². The molecule has 0 amide bonds. The minimum Gasteiger partial charge on any atom is -0.486 e. The summed E-state index contributed by atoms with van der Waals surface area (Å²) in [5.74, 6) is 1.94. The van der Waals surface area contributed by atoms with E-state index in [1.807, 2.05) is 29.7 Å². The van der Waals surface area contributed by atoms with E-state index in [1.54, 1.807) is 30.3 Å². The molecule has 0 aliphatic heterocycles. The van der Waals surface area contributed by atoms with Crippen molar-refractivity contribution in [1.82, 2.24) is 14.8 Å². The van der Waals surface area contributed by atoms with Crippen molar-refractivity contribution in [2.24, 2.45) is 0 Å². The van der Waals surface area contributed by atoms with Gasteiger partial charge in [-0.1, -0.05) is 41.6 Å². The molecule has 2 aromatic heterocycles. The third-order valence-corrected chi connectivity index (χ3v) is 5.90. The van der Waals surface area contributed by atoms with Crippen molar-refractivity contribution >= 4 is 34.3 Å². The van der Waals surface area contributed by atoms with Crippen LogP contribution in [0, 0.1) is 6.92 Å². The van der Waals surface area contributed by atoms with Crippen molar-refractivity contribution in [3.8, 4) is 5.75 Å². The SMILES string of the molecule is C=CCn1c(COc2ccc(Cl)cc2)nnc1SCc1cc(=O)oc2cc(C)ccc12. The van der Waals surface area contributed by atoms with Gasteiger partial charge in [-0.05, 0) is 48.4 Å². The van der Waals surface area contributed by atoms with Crippen LogP contribution in [-0.4, -0.2) is 14.8 Å². The number of fused-ring (bicyclic) bond motifs is 1. The Kier molecular flexibility index (Phi) is 6.44. The number of nitrogens with zero attached hydrogens (tertiary/aromatic N) is 3. The number of halogens is 1. The summed E-state index contributed by atoms with van der Waals surface area (Å²) in [5.41, 5.74) is 2.16. The second-order valence-corrected chi connectivity index (χ2v) is 8.30. The standard InChI is InChI=1S/C23H20ClN3O3S/c1-3-10-27-21(13-29-18-7-5-17(24)6-8-18)25-26-23(27)31-14-16-12-22(28)30-20-11-15(2)4-9-19(16)20/h3-9,11-12H,1,10,13-14H2,2H3. The van der Waals surface area contributed by atoms with Crippen LogP contribution in [-0.2, 0) is 18.9 Å². The Hall–Kier alpha value is -3.03. The maximum Gasteiger partial charge on any atom is 0.336 e. The van der Waals surface area contributed by atoms with Gasteiger partial charge in [0.2, 0.25) is 0 Å². The van der Waals surface area contributed by atoms with Crippen molar-refractivity contribution in [2.45, 2.75) is 31.0 Å². The molecule has 0 unspecified atom stereocenters. The average Bonchev–Trinajstić information content (AvgIpc) is 3.13. The molecule has 158 valence electrons. The van der Waals surface area contributed by atoms with Crippen LogP contribution >= 0.6 is 23.4 Å². The molecule has 0 N–H and O–H groups in total. The quantitative estimate of drug-likeness (QED) is 0.202. The molecule has 2 aromatic carbocycles. The second kappa shape index (κ2) is 9.41. The van der Waals surface area contributed by atoms with E-state index >= 15 is 0 Å². The maximum atomic E-state index is 12.0. The molecular formula is C23H20ClN3O3S. The van der Waals surface area contributed by atoms with Crippen LogP contribution in [0.1, 0.15) is 17.0 Å². The molecule has 8 heteroatoms. The largest absolute Gasteiger partial charge is 0.486 e. The predicted molar refractivity (Wildman–Crippen MR) is 123 cm³/mol. The van der Waals surface area contributed by atoms with Gasteiger partial charge in [-0.2, -0.15) is 0 Å². The lowest BCUT2D eigenvalue weighted by atomic mass is 10.1. The minimum atomic E-state index is -0.363. The molecule has 0 spiro atoms. The summed E-state index contributed by atoms with van der Waals surface area (Å²) in [6.07, 6.45) is 1.79. The average molecular weight is 454 g/mol. The number of aromatic nitrogens is 3. The van der Waals surface area contributed by atoms with Gasteiger partial charge in [-0.15, -0.1) is 16.8 Å². The summed E-state index contributed by atoms with van der Waals surface area (Å²) < 4.78 is 13.1. The molecule has 0 aliphatic carbocycles. The lowest BCUT2D eigenvalue weighted by Gasteiger charge is -2.10. The Balaban J connectivity index is 1.54. The van der Waals surface area contributed by atoms with Crippen LogP contribution < -0.4 is 10.4 Å². The molecule has 0 saturated carbocycles. The Morgan fingerprint density at radius 1 is 1.19 bits per heavy atom. The Labute approximate surface area is 188 Å². The highest BCUT2D eigenvalue weighted by molar-refractivity contribution is 7.98. The van der Waals surface area contributed by atoms with E-state index in [-0.39, 0.29) is 12.2 Å². The van der Waals surface area contributed by atoms with Gasteiger partial charge in [0.15, 0.2) is 11.0 Å². The van der Waals surface area contributed by atoms with Crippen LogP contribution in [0.3, 0.4) is 0 Å². The summed E-state index contributed by atoms with van der Waals surface area (Å²) in [5, 5.41) is 10.9. The zero-order valence-electron chi connectivity index (χ0n) is 16.9. The van der Waals surface area contributed by atoms with Gasteiger partial charge in [0.1, 0.15) is 17.9 Å². The predicted octanol–water partition coefficient (Wildman–Crippen LogP) is 5.40. The molecular weight excluding hydrogens is 434 g/mol. The first-order valence-corrected chi connectivity index (χ1v) is 11.0. The van der Waals surface area contributed by atoms with Crippen molar-refractivity contribution in [2.75, 3.05) is 0 Å². The van der Waals surface area contributed by atoms with Gasteiger partial charge in [0, 0.05) is 28.8 Å². The first-order valence-electron chi connectivity index (χ1n) is 9.61. The van der Waals surface area contributed by atoms with Gasteiger partial charge in [-0.25, -0.2) is 4.79 Å². The molecule has 0 radical (unpaired) electrons. The molecule has 0 fully saturated rings. The van der Waals surface area contributed by atoms with Crippen LogP contribution in [0.15, 0.2) is 75.6 Å². The molecule has 0 saturated heterocycles. The van der Waals surface area contributed by atoms with Gasteiger partial charge < -0.3 is 9.15 Å². The Bertz CT molecular complexity index is 1280. The molecule has 31 heavy (non-hydrogen) atoms. The molecule has 2 heterocycles. The number of rotatable bonds is 8. The first kappa shape index (κ1) is 21.2. The number of allylic oxidation sites excluding steroid dienone is 1. The number of aryl methyl sites for hydroxylation is 1. The minimum absolute atomic E-state index is 0.264. The van der Waals surface area contributed by atoms with Crippen LogP contribution in [0.25, 0.3) is 11.0 Å². The molecule has 0 aliphatic rings. The van der Waals surface area contributed by atoms with Gasteiger partial charge in [0.05, 0.1) is 0 Å². The van der Waals surface area contributed by atoms with E-state index in [0.29, 0.717) is 34.5 Å². The van der Waals surface area contributed by atoms with Gasteiger partial charge in [0.25, 0.3) is 0 Å². The summed E-state index contributed by atoms with van der Waals surface area (Å²) in [6, 6.07) is 14.5. The summed E-state index contributed by atoms with van der Waals surface area (Å²) in [4.78, 5) is 12.0. The van der Waals surface area contributed by atoms with Crippen LogP contribution in [0.5, 0.6) is 5.75 Å². The molecule has 4 rings (SSSR count). The van der Waals surface area contributed by atoms with Crippen molar-refractivity contribution in [1.29, 1.82) is 0 Å². The van der Waals surface area contributed by atoms with E-state index in [2.05, 4.69) is 16.8 Å². The van der Waals surface area contributed by atoms with E-state index < -0.39 is 0 Å². The number of hydrogen-bond donors (Lipinski definition) is 0. The molecule has 0 bridgehead atoms. The van der Waals surface area contributed by atoms with Gasteiger partial charge in [-0.3, -0.25) is 4.57 Å². The zero-order valence-corrected chi connectivity index (χ0v) is 18.4. The summed E-state index contributed by atoms with van der Waals surface area (Å²) in [6.45, 7) is 6.61. The van der Waals surface area contributed by atoms with Gasteiger partial charge >= 0.3 is 5.63 Å². The Morgan fingerprint density at radius 3 is 2.77 bits per heavy atom. The lowest BCUT2D eigenvalue weighted by Crippen LogP contribution is -2.07. The smallest absolute Gasteiger partial charge is 0.336 e. The molecule has 4 aromatic rings. The lowest BCUT2D eigenvalue weighted by molar-refractivity contribution is 0.289. The third-order valence-electron chi connectivity index (χ3n) is 4.63. The fourth-order valence-corrected chi connectivity index (χ4v) is 4.21. The first-order chi connectivity index (χ1) is 15.0. The second-order valence-electron chi connectivity index (χ2n) is 6.92. The highest BCUT2D eigenvalue weighted by Crippen LogP contribution is 2.27. The van der Waals surface area contributed by atoms with Crippen molar-refractivity contribution < 1.29 is 9.15 Å². The highest BCUT2D eigenvalue weighted by Gasteiger charge is 2.14. The van der Waals surface area contributed by atoms with E-state index in [1.165, 1.54) is 17.8 Å². The number of hydrogen-bond acceptors (Lipinski definition) is 6. The number of benzene rings is 2. The Morgan fingerprint density at radius 2 is 2.00 bits per heavy atom. The highest BCUT2D eigenvalue weighted by atomic mass is 35.5. The summed E-state index contributed by atoms with van der Waals surface area (Å²) >= 11 is 7.42. The fourth-order valence-electron chi connectivity index (χ4n) is 3.12. The third kappa shape index (κ3) is 5.00. The summed E-state index contributed by atoms with van der Waals surface area (Å²) in [7, 11) is 0. The number of thioether (sulfide) groups is 1.